The molecular weight excluding hydrogens is 320 g/mol. The van der Waals surface area contributed by atoms with Crippen molar-refractivity contribution in [3.8, 4) is 10.6 Å². The molecule has 0 radical (unpaired) electrons. The van der Waals surface area contributed by atoms with Gasteiger partial charge in [0.25, 0.3) is 5.91 Å². The number of benzene rings is 1. The highest BCUT2D eigenvalue weighted by molar-refractivity contribution is 7.13. The van der Waals surface area contributed by atoms with Crippen LogP contribution in [0.3, 0.4) is 0 Å². The van der Waals surface area contributed by atoms with Crippen LogP contribution < -0.4 is 0 Å². The van der Waals surface area contributed by atoms with Crippen molar-refractivity contribution in [2.24, 2.45) is 7.05 Å². The van der Waals surface area contributed by atoms with Gasteiger partial charge in [0.2, 0.25) is 0 Å². The first-order valence-corrected chi connectivity index (χ1v) is 8.91. The third-order valence-corrected chi connectivity index (χ3v) is 5.26. The van der Waals surface area contributed by atoms with Crippen LogP contribution in [0.1, 0.15) is 34.9 Å². The van der Waals surface area contributed by atoms with Crippen molar-refractivity contribution < 1.29 is 4.79 Å². The number of nitrogens with zero attached hydrogens (tertiary/aromatic N) is 4. The molecule has 1 amide bonds. The minimum Gasteiger partial charge on any atom is -0.330 e. The minimum atomic E-state index is 0.0137. The maximum absolute atomic E-state index is 12.9. The Morgan fingerprint density at radius 3 is 2.88 bits per heavy atom. The van der Waals surface area contributed by atoms with Gasteiger partial charge in [-0.1, -0.05) is 30.3 Å². The summed E-state index contributed by atoms with van der Waals surface area (Å²) < 4.78 is 1.78. The Morgan fingerprint density at radius 2 is 2.12 bits per heavy atom. The molecule has 24 heavy (non-hydrogen) atoms. The lowest BCUT2D eigenvalue weighted by molar-refractivity contribution is 0.0730. The molecule has 1 atom stereocenters. The predicted molar refractivity (Wildman–Crippen MR) is 93.8 cm³/mol. The third kappa shape index (κ3) is 2.73. The molecule has 5 nitrogen and oxygen atoms in total. The summed E-state index contributed by atoms with van der Waals surface area (Å²) in [5.74, 6) is 0.0137. The van der Waals surface area contributed by atoms with Crippen LogP contribution in [0.4, 0.5) is 0 Å². The summed E-state index contributed by atoms with van der Waals surface area (Å²) in [5.41, 5.74) is 2.68. The lowest BCUT2D eigenvalue weighted by Crippen LogP contribution is -2.30. The Bertz CT molecular complexity index is 855. The van der Waals surface area contributed by atoms with Gasteiger partial charge in [-0.3, -0.25) is 9.48 Å². The summed E-state index contributed by atoms with van der Waals surface area (Å²) in [6.45, 7) is 0.774. The zero-order valence-corrected chi connectivity index (χ0v) is 14.2. The highest BCUT2D eigenvalue weighted by atomic mass is 32.1. The summed E-state index contributed by atoms with van der Waals surface area (Å²) in [6.07, 6.45) is 5.84. The van der Waals surface area contributed by atoms with E-state index in [0.29, 0.717) is 5.69 Å². The molecule has 3 aromatic rings. The molecule has 0 aliphatic carbocycles. The van der Waals surface area contributed by atoms with Crippen molar-refractivity contribution in [3.63, 3.8) is 0 Å². The second-order valence-electron chi connectivity index (χ2n) is 6.01. The Hall–Kier alpha value is -2.47. The molecular formula is C18H18N4OS. The van der Waals surface area contributed by atoms with Crippen molar-refractivity contribution in [1.29, 1.82) is 0 Å². The van der Waals surface area contributed by atoms with E-state index >= 15 is 0 Å². The second kappa shape index (κ2) is 6.20. The first kappa shape index (κ1) is 15.1. The van der Waals surface area contributed by atoms with Crippen LogP contribution in [0.5, 0.6) is 0 Å². The van der Waals surface area contributed by atoms with Gasteiger partial charge in [-0.2, -0.15) is 5.10 Å². The number of carbonyl (C=O) groups is 1. The summed E-state index contributed by atoms with van der Waals surface area (Å²) in [4.78, 5) is 19.4. The summed E-state index contributed by atoms with van der Waals surface area (Å²) in [6, 6.07) is 10.1. The molecule has 122 valence electrons. The molecule has 0 spiro atoms. The van der Waals surface area contributed by atoms with E-state index in [-0.39, 0.29) is 11.9 Å². The normalized spacial score (nSPS) is 17.4. The van der Waals surface area contributed by atoms with Gasteiger partial charge < -0.3 is 4.90 Å². The average Bonchev–Trinajstić information content (AvgIpc) is 3.35. The third-order valence-electron chi connectivity index (χ3n) is 4.37. The average molecular weight is 338 g/mol. The molecule has 1 aliphatic rings. The van der Waals surface area contributed by atoms with E-state index < -0.39 is 0 Å². The largest absolute Gasteiger partial charge is 0.330 e. The SMILES string of the molecule is Cn1cc([C@H]2CCCN2C(=O)c2csc(-c3ccccc3)n2)cn1. The van der Waals surface area contributed by atoms with E-state index in [4.69, 9.17) is 0 Å². The van der Waals surface area contributed by atoms with E-state index in [2.05, 4.69) is 10.1 Å². The van der Waals surface area contributed by atoms with Gasteiger partial charge in [0.15, 0.2) is 0 Å². The minimum absolute atomic E-state index is 0.0137. The number of likely N-dealkylation sites (tertiary alicyclic amines) is 1. The molecule has 4 rings (SSSR count). The Balaban J connectivity index is 1.58. The lowest BCUT2D eigenvalue weighted by Gasteiger charge is -2.22. The van der Waals surface area contributed by atoms with E-state index in [0.717, 1.165) is 35.5 Å². The van der Waals surface area contributed by atoms with Crippen LogP contribution in [0, 0.1) is 0 Å². The Labute approximate surface area is 144 Å². The van der Waals surface area contributed by atoms with E-state index in [1.165, 1.54) is 11.3 Å². The van der Waals surface area contributed by atoms with Gasteiger partial charge in [0.1, 0.15) is 10.7 Å². The molecule has 0 unspecified atom stereocenters. The van der Waals surface area contributed by atoms with Gasteiger partial charge in [-0.05, 0) is 12.8 Å². The number of hydrogen-bond acceptors (Lipinski definition) is 4. The number of amides is 1. The monoisotopic (exact) mass is 338 g/mol. The van der Waals surface area contributed by atoms with Crippen LogP contribution in [0.2, 0.25) is 0 Å². The van der Waals surface area contributed by atoms with E-state index in [9.17, 15) is 4.79 Å². The number of aromatic nitrogens is 3. The topological polar surface area (TPSA) is 51.0 Å². The fourth-order valence-electron chi connectivity index (χ4n) is 3.20. The smallest absolute Gasteiger partial charge is 0.273 e. The van der Waals surface area contributed by atoms with Crippen LogP contribution in [0.15, 0.2) is 48.1 Å². The number of thiazole rings is 1. The fourth-order valence-corrected chi connectivity index (χ4v) is 4.00. The van der Waals surface area contributed by atoms with Crippen LogP contribution in [0.25, 0.3) is 10.6 Å². The summed E-state index contributed by atoms with van der Waals surface area (Å²) >= 11 is 1.52. The molecule has 0 saturated carbocycles. The second-order valence-corrected chi connectivity index (χ2v) is 6.87. The van der Waals surface area contributed by atoms with Crippen molar-refractivity contribution >= 4 is 17.2 Å². The molecule has 6 heteroatoms. The highest BCUT2D eigenvalue weighted by Crippen LogP contribution is 2.33. The van der Waals surface area contributed by atoms with Gasteiger partial charge >= 0.3 is 0 Å². The first-order valence-electron chi connectivity index (χ1n) is 8.03. The molecule has 1 fully saturated rings. The van der Waals surface area contributed by atoms with Crippen molar-refractivity contribution in [1.82, 2.24) is 19.7 Å². The van der Waals surface area contributed by atoms with Crippen molar-refractivity contribution in [3.05, 3.63) is 59.4 Å². The Morgan fingerprint density at radius 1 is 1.29 bits per heavy atom. The van der Waals surface area contributed by atoms with Crippen LogP contribution in [-0.4, -0.2) is 32.1 Å². The van der Waals surface area contributed by atoms with Gasteiger partial charge in [-0.15, -0.1) is 11.3 Å². The molecule has 0 bridgehead atoms. The zero-order valence-electron chi connectivity index (χ0n) is 13.4. The Kier molecular flexibility index (Phi) is 3.90. The highest BCUT2D eigenvalue weighted by Gasteiger charge is 2.32. The molecule has 1 aromatic carbocycles. The summed E-state index contributed by atoms with van der Waals surface area (Å²) in [7, 11) is 1.90. The predicted octanol–water partition coefficient (Wildman–Crippen LogP) is 3.52. The zero-order chi connectivity index (χ0) is 16.5. The number of carbonyl (C=O) groups excluding carboxylic acids is 1. The molecule has 3 heterocycles. The van der Waals surface area contributed by atoms with E-state index in [1.54, 1.807) is 4.68 Å². The quantitative estimate of drug-likeness (QED) is 0.734. The lowest BCUT2D eigenvalue weighted by atomic mass is 10.1. The molecule has 2 aromatic heterocycles. The number of aryl methyl sites for hydroxylation is 1. The van der Waals surface area contributed by atoms with Gasteiger partial charge in [0, 0.05) is 36.3 Å². The first-order chi connectivity index (χ1) is 11.7. The van der Waals surface area contributed by atoms with Gasteiger partial charge in [0.05, 0.1) is 12.2 Å². The van der Waals surface area contributed by atoms with Crippen molar-refractivity contribution in [2.45, 2.75) is 18.9 Å². The standard InChI is InChI=1S/C18H18N4OS/c1-21-11-14(10-19-21)16-8-5-9-22(16)18(23)15-12-24-17(20-15)13-6-3-2-4-7-13/h2-4,6-7,10-12,16H,5,8-9H2,1H3/t16-/m1/s1. The number of rotatable bonds is 3. The van der Waals surface area contributed by atoms with Gasteiger partial charge in [-0.25, -0.2) is 4.98 Å². The summed E-state index contributed by atoms with van der Waals surface area (Å²) in [5, 5.41) is 6.99. The maximum atomic E-state index is 12.9. The fraction of sp³-hybridized carbons (Fsp3) is 0.278. The van der Waals surface area contributed by atoms with Crippen LogP contribution >= 0.6 is 11.3 Å². The van der Waals surface area contributed by atoms with E-state index in [1.807, 2.05) is 60.1 Å². The number of hydrogen-bond donors (Lipinski definition) is 0. The molecule has 1 saturated heterocycles. The molecule has 0 N–H and O–H groups in total. The van der Waals surface area contributed by atoms with Crippen molar-refractivity contribution in [2.75, 3.05) is 6.54 Å². The van der Waals surface area contributed by atoms with Crippen LogP contribution in [-0.2, 0) is 7.05 Å². The maximum Gasteiger partial charge on any atom is 0.273 e. The molecule has 1 aliphatic heterocycles.